The van der Waals surface area contributed by atoms with Gasteiger partial charge in [0.2, 0.25) is 0 Å². The van der Waals surface area contributed by atoms with Crippen LogP contribution < -0.4 is 5.32 Å². The lowest BCUT2D eigenvalue weighted by molar-refractivity contribution is -0.142. The van der Waals surface area contributed by atoms with Crippen molar-refractivity contribution in [2.45, 2.75) is 60.3 Å². The molecule has 1 amide bonds. The maximum atomic E-state index is 14.0. The summed E-state index contributed by atoms with van der Waals surface area (Å²) < 4.78 is 5.10. The largest absolute Gasteiger partial charge is 0.481 e. The van der Waals surface area contributed by atoms with Crippen LogP contribution in [0.5, 0.6) is 0 Å². The number of aliphatic carboxylic acids is 1. The van der Waals surface area contributed by atoms with Gasteiger partial charge in [-0.3, -0.25) is 29.0 Å². The molecule has 3 atom stereocenters. The number of ketones is 1. The van der Waals surface area contributed by atoms with Crippen molar-refractivity contribution >= 4 is 41.2 Å². The average molecular weight is 627 g/mol. The number of esters is 1. The number of hydrogen-bond donors (Lipinski definition) is 4. The second-order valence-electron chi connectivity index (χ2n) is 12.0. The maximum Gasteiger partial charge on any atom is 0.321 e. The molecule has 46 heavy (non-hydrogen) atoms. The number of Topliss-reactive ketones (excluding diaryl/α,β-unsaturated/α-hetero) is 1. The number of amides is 1. The highest BCUT2D eigenvalue weighted by molar-refractivity contribution is 6.24. The van der Waals surface area contributed by atoms with Gasteiger partial charge in [0.05, 0.1) is 24.2 Å². The molecule has 2 aliphatic heterocycles. The molecule has 0 spiro atoms. The third-order valence-electron chi connectivity index (χ3n) is 9.60. The number of carboxylic acids is 1. The van der Waals surface area contributed by atoms with E-state index in [1.165, 1.54) is 13.2 Å². The number of methoxy groups -OCH3 is 1. The molecule has 0 aromatic carbocycles. The Bertz CT molecular complexity index is 1840. The minimum Gasteiger partial charge on any atom is -0.481 e. The summed E-state index contributed by atoms with van der Waals surface area (Å²) in [6.07, 6.45) is 5.22. The van der Waals surface area contributed by atoms with E-state index in [4.69, 9.17) is 9.73 Å². The molecule has 0 bridgehead atoms. The molecule has 4 heterocycles. The molecule has 11 nitrogen and oxygen atoms in total. The molecule has 0 radical (unpaired) electrons. The molecule has 5 rings (SSSR count). The molecule has 0 saturated heterocycles. The van der Waals surface area contributed by atoms with Crippen LogP contribution in [0.3, 0.4) is 0 Å². The number of ether oxygens (including phenoxy) is 1. The monoisotopic (exact) mass is 626 g/mol. The van der Waals surface area contributed by atoms with Gasteiger partial charge in [0.25, 0.3) is 5.91 Å². The zero-order chi connectivity index (χ0) is 33.6. The molecule has 0 saturated carbocycles. The van der Waals surface area contributed by atoms with Crippen molar-refractivity contribution in [1.82, 2.24) is 15.3 Å². The second kappa shape index (κ2) is 12.4. The first-order chi connectivity index (χ1) is 21.9. The van der Waals surface area contributed by atoms with Gasteiger partial charge in [0, 0.05) is 64.2 Å². The average Bonchev–Trinajstić information content (AvgIpc) is 3.76. The standard InChI is InChI=1S/C35H38N4O7/c1-8-19-15(3)26(14-40)36-25(19)13-24-18(6)28-32(38-24)29(30(33(28)43)35(45)46-7)31-21(10-11-27(41)42)17(5)22(37-31)12-23-16(4)20(9-2)34(44)39-23/h9,12,14,17,21,30,36,38H,2,8,10-11,13H2,1,3-7H3,(H,39,44)(H,41,42)/b23-12-,31-29?/t17-,21-,30+/m0/s1. The number of rotatable bonds is 10. The Labute approximate surface area is 266 Å². The van der Waals surface area contributed by atoms with E-state index < -0.39 is 29.6 Å². The number of carbonyl (C=O) groups excluding carboxylic acids is 4. The Morgan fingerprint density at radius 1 is 1.11 bits per heavy atom. The zero-order valence-corrected chi connectivity index (χ0v) is 26.8. The Hall–Kier alpha value is -5.06. The number of nitrogens with one attached hydrogen (secondary N) is 3. The number of carbonyl (C=O) groups is 5. The van der Waals surface area contributed by atoms with Gasteiger partial charge in [-0.2, -0.15) is 0 Å². The van der Waals surface area contributed by atoms with Crippen LogP contribution in [0.2, 0.25) is 0 Å². The maximum absolute atomic E-state index is 14.0. The number of carboxylic acid groups (broad SMARTS) is 1. The first-order valence-electron chi connectivity index (χ1n) is 15.3. The molecule has 2 aromatic rings. The van der Waals surface area contributed by atoms with E-state index in [0.717, 1.165) is 28.8 Å². The first kappa shape index (κ1) is 32.3. The van der Waals surface area contributed by atoms with Gasteiger partial charge in [-0.1, -0.05) is 26.5 Å². The van der Waals surface area contributed by atoms with Crippen molar-refractivity contribution in [2.24, 2.45) is 22.7 Å². The van der Waals surface area contributed by atoms with Gasteiger partial charge in [-0.15, -0.1) is 0 Å². The molecule has 2 aromatic heterocycles. The number of aromatic amines is 2. The van der Waals surface area contributed by atoms with Crippen LogP contribution in [0.15, 0.2) is 46.3 Å². The van der Waals surface area contributed by atoms with E-state index in [1.807, 2.05) is 27.7 Å². The lowest BCUT2D eigenvalue weighted by Crippen LogP contribution is -2.24. The minimum absolute atomic E-state index is 0.148. The summed E-state index contributed by atoms with van der Waals surface area (Å²) in [5.74, 6) is -4.41. The quantitative estimate of drug-likeness (QED) is 0.168. The van der Waals surface area contributed by atoms with E-state index in [-0.39, 0.29) is 24.7 Å². The highest BCUT2D eigenvalue weighted by Crippen LogP contribution is 2.48. The Morgan fingerprint density at radius 3 is 2.41 bits per heavy atom. The predicted molar refractivity (Wildman–Crippen MR) is 171 cm³/mol. The SMILES string of the molecule is C=CC1=C(C)/C(=C/C2=NC(=C3c4[nH]c(Cc5[nH]c(C=O)c(C)c5CC)c(C)c4C(=O)[C@@H]3C(=O)OC)[C@@H](CCC(=O)O)[C@@H]2C)NC1=O. The van der Waals surface area contributed by atoms with Crippen LogP contribution in [0, 0.1) is 31.6 Å². The fourth-order valence-electron chi connectivity index (χ4n) is 7.01. The summed E-state index contributed by atoms with van der Waals surface area (Å²) in [6.45, 7) is 13.2. The minimum atomic E-state index is -1.27. The van der Waals surface area contributed by atoms with Gasteiger partial charge in [0.1, 0.15) is 5.92 Å². The Kier molecular flexibility index (Phi) is 8.70. The van der Waals surface area contributed by atoms with Gasteiger partial charge in [-0.25, -0.2) is 0 Å². The highest BCUT2D eigenvalue weighted by atomic mass is 16.5. The lowest BCUT2D eigenvalue weighted by Gasteiger charge is -2.20. The molecule has 0 fully saturated rings. The van der Waals surface area contributed by atoms with E-state index in [0.29, 0.717) is 69.2 Å². The summed E-state index contributed by atoms with van der Waals surface area (Å²) >= 11 is 0. The highest BCUT2D eigenvalue weighted by Gasteiger charge is 2.48. The third kappa shape index (κ3) is 5.19. The summed E-state index contributed by atoms with van der Waals surface area (Å²) in [5, 5.41) is 12.4. The van der Waals surface area contributed by atoms with Crippen LogP contribution in [-0.4, -0.2) is 57.8 Å². The summed E-state index contributed by atoms with van der Waals surface area (Å²) in [4.78, 5) is 74.6. The van der Waals surface area contributed by atoms with Crippen molar-refractivity contribution in [2.75, 3.05) is 7.11 Å². The predicted octanol–water partition coefficient (Wildman–Crippen LogP) is 4.71. The van der Waals surface area contributed by atoms with E-state index >= 15 is 0 Å². The number of H-pyrrole nitrogens is 2. The van der Waals surface area contributed by atoms with Crippen molar-refractivity contribution in [3.63, 3.8) is 0 Å². The number of fused-ring (bicyclic) bond motifs is 1. The topological polar surface area (TPSA) is 171 Å². The first-order valence-corrected chi connectivity index (χ1v) is 15.3. The third-order valence-corrected chi connectivity index (χ3v) is 9.60. The molecule has 11 heteroatoms. The van der Waals surface area contributed by atoms with Gasteiger partial charge in [-0.05, 0) is 62.0 Å². The van der Waals surface area contributed by atoms with Crippen LogP contribution in [-0.2, 0) is 32.0 Å². The van der Waals surface area contributed by atoms with Crippen molar-refractivity contribution in [3.8, 4) is 0 Å². The molecule has 3 aliphatic rings. The van der Waals surface area contributed by atoms with Crippen LogP contribution >= 0.6 is 0 Å². The van der Waals surface area contributed by atoms with E-state index in [2.05, 4.69) is 21.9 Å². The molecule has 1 aliphatic carbocycles. The number of aliphatic imine (C=N–C) groups is 1. The summed E-state index contributed by atoms with van der Waals surface area (Å²) in [7, 11) is 1.22. The summed E-state index contributed by atoms with van der Waals surface area (Å²) in [5.41, 5.74) is 8.65. The number of hydrogen-bond acceptors (Lipinski definition) is 7. The summed E-state index contributed by atoms with van der Waals surface area (Å²) in [6, 6.07) is 0. The normalized spacial score (nSPS) is 23.2. The Balaban J connectivity index is 1.70. The fraction of sp³-hybridized carbons (Fsp3) is 0.371. The number of aromatic nitrogens is 2. The lowest BCUT2D eigenvalue weighted by atomic mass is 9.83. The number of allylic oxidation sites excluding steroid dienone is 3. The molecule has 240 valence electrons. The van der Waals surface area contributed by atoms with E-state index in [9.17, 15) is 29.1 Å². The van der Waals surface area contributed by atoms with Gasteiger partial charge in [0.15, 0.2) is 12.1 Å². The van der Waals surface area contributed by atoms with Crippen molar-refractivity contribution in [3.05, 3.63) is 86.3 Å². The fourth-order valence-corrected chi connectivity index (χ4v) is 7.01. The van der Waals surface area contributed by atoms with Gasteiger partial charge >= 0.3 is 11.9 Å². The second-order valence-corrected chi connectivity index (χ2v) is 12.0. The smallest absolute Gasteiger partial charge is 0.321 e. The molecular weight excluding hydrogens is 588 g/mol. The molecular formula is C35H38N4O7. The van der Waals surface area contributed by atoms with Crippen molar-refractivity contribution < 1.29 is 33.8 Å². The van der Waals surface area contributed by atoms with Crippen LogP contribution in [0.4, 0.5) is 0 Å². The zero-order valence-electron chi connectivity index (χ0n) is 26.8. The van der Waals surface area contributed by atoms with Crippen LogP contribution in [0.25, 0.3) is 5.57 Å². The molecule has 4 N–H and O–H groups in total. The van der Waals surface area contributed by atoms with Crippen molar-refractivity contribution in [1.29, 1.82) is 0 Å². The van der Waals surface area contributed by atoms with Crippen LogP contribution in [0.1, 0.15) is 88.2 Å². The Morgan fingerprint density at radius 2 is 1.83 bits per heavy atom. The number of aldehydes is 1. The van der Waals surface area contributed by atoms with E-state index in [1.54, 1.807) is 13.0 Å². The molecule has 0 unspecified atom stereocenters. The number of nitrogens with zero attached hydrogens (tertiary/aromatic N) is 1. The van der Waals surface area contributed by atoms with Gasteiger partial charge < -0.3 is 25.1 Å².